The maximum absolute atomic E-state index is 5.93. The summed E-state index contributed by atoms with van der Waals surface area (Å²) in [5.41, 5.74) is 7.28. The number of anilines is 1. The molecule has 0 saturated carbocycles. The van der Waals surface area contributed by atoms with Crippen LogP contribution in [0.15, 0.2) is 27.2 Å². The van der Waals surface area contributed by atoms with E-state index in [-0.39, 0.29) is 18.5 Å². The molecule has 7 heteroatoms. The van der Waals surface area contributed by atoms with Crippen LogP contribution in [0.4, 0.5) is 5.69 Å². The molecule has 2 N–H and O–H groups in total. The number of hydrogen-bond acceptors (Lipinski definition) is 5. The zero-order valence-corrected chi connectivity index (χ0v) is 12.4. The third-order valence-corrected chi connectivity index (χ3v) is 3.40. The molecule has 0 amide bonds. The number of nitrogen functional groups attached to an aromatic ring is 1. The van der Waals surface area contributed by atoms with E-state index in [9.17, 15) is 0 Å². The number of nitrogens with two attached hydrogens (primary N) is 1. The normalized spacial score (nSPS) is 18.3. The van der Waals surface area contributed by atoms with Crippen LogP contribution in [0.3, 0.4) is 0 Å². The van der Waals surface area contributed by atoms with Crippen molar-refractivity contribution in [3.8, 4) is 11.5 Å². The first-order valence-corrected chi connectivity index (χ1v) is 6.54. The fourth-order valence-corrected chi connectivity index (χ4v) is 2.36. The summed E-state index contributed by atoms with van der Waals surface area (Å²) in [5, 5.41) is 3.96. The number of aromatic nitrogens is 2. The first-order valence-electron chi connectivity index (χ1n) is 5.74. The lowest BCUT2D eigenvalue weighted by atomic mass is 10.2. The van der Waals surface area contributed by atoms with Crippen LogP contribution in [0.5, 0.6) is 0 Å². The highest BCUT2D eigenvalue weighted by atomic mass is 79.9. The molecule has 19 heavy (non-hydrogen) atoms. The maximum Gasteiger partial charge on any atom is 0.260 e. The molecule has 1 aromatic heterocycles. The van der Waals surface area contributed by atoms with E-state index in [1.165, 1.54) is 0 Å². The van der Waals surface area contributed by atoms with E-state index in [1.54, 1.807) is 0 Å². The van der Waals surface area contributed by atoms with Gasteiger partial charge in [-0.15, -0.1) is 12.4 Å². The summed E-state index contributed by atoms with van der Waals surface area (Å²) in [6.07, 6.45) is 1.93. The summed E-state index contributed by atoms with van der Waals surface area (Å²) in [7, 11) is 0. The van der Waals surface area contributed by atoms with Gasteiger partial charge in [-0.25, -0.2) is 0 Å². The summed E-state index contributed by atoms with van der Waals surface area (Å²) in [4.78, 5) is 4.35. The topological polar surface area (TPSA) is 74.2 Å². The van der Waals surface area contributed by atoms with Gasteiger partial charge >= 0.3 is 0 Å². The van der Waals surface area contributed by atoms with Crippen LogP contribution >= 0.6 is 28.3 Å². The largest absolute Gasteiger partial charge is 0.398 e. The van der Waals surface area contributed by atoms with E-state index in [4.69, 9.17) is 15.0 Å². The summed E-state index contributed by atoms with van der Waals surface area (Å²) in [6.45, 7) is 0.759. The van der Waals surface area contributed by atoms with Gasteiger partial charge < -0.3 is 15.0 Å². The molecule has 102 valence electrons. The maximum atomic E-state index is 5.93. The van der Waals surface area contributed by atoms with Gasteiger partial charge in [0.05, 0.1) is 5.56 Å². The highest BCUT2D eigenvalue weighted by Crippen LogP contribution is 2.31. The Kier molecular flexibility index (Phi) is 4.44. The van der Waals surface area contributed by atoms with Crippen molar-refractivity contribution in [3.63, 3.8) is 0 Å². The van der Waals surface area contributed by atoms with Gasteiger partial charge in [-0.1, -0.05) is 21.1 Å². The Labute approximate surface area is 125 Å². The molecule has 2 aromatic rings. The van der Waals surface area contributed by atoms with Crippen molar-refractivity contribution in [1.29, 1.82) is 0 Å². The van der Waals surface area contributed by atoms with Crippen LogP contribution in [0, 0.1) is 0 Å². The lowest BCUT2D eigenvalue weighted by Gasteiger charge is -2.02. The lowest BCUT2D eigenvalue weighted by molar-refractivity contribution is 0.103. The van der Waals surface area contributed by atoms with Gasteiger partial charge in [-0.3, -0.25) is 0 Å². The smallest absolute Gasteiger partial charge is 0.260 e. The van der Waals surface area contributed by atoms with Crippen molar-refractivity contribution < 1.29 is 9.26 Å². The van der Waals surface area contributed by atoms with Crippen molar-refractivity contribution >= 4 is 34.0 Å². The molecule has 1 aliphatic heterocycles. The molecule has 0 bridgehead atoms. The van der Waals surface area contributed by atoms with E-state index in [0.717, 1.165) is 29.5 Å². The van der Waals surface area contributed by atoms with Crippen molar-refractivity contribution in [1.82, 2.24) is 10.1 Å². The number of halogens is 2. The zero-order valence-electron chi connectivity index (χ0n) is 10.0. The van der Waals surface area contributed by atoms with Crippen LogP contribution in [-0.2, 0) is 4.74 Å². The molecule has 1 atom stereocenters. The zero-order chi connectivity index (χ0) is 12.5. The minimum atomic E-state index is -0.0424. The second-order valence-corrected chi connectivity index (χ2v) is 5.11. The van der Waals surface area contributed by atoms with E-state index >= 15 is 0 Å². The van der Waals surface area contributed by atoms with Crippen LogP contribution in [0.25, 0.3) is 11.5 Å². The summed E-state index contributed by atoms with van der Waals surface area (Å²) >= 11 is 3.36. The molecule has 2 heterocycles. The van der Waals surface area contributed by atoms with E-state index in [2.05, 4.69) is 26.1 Å². The van der Waals surface area contributed by atoms with Crippen molar-refractivity contribution in [3.05, 3.63) is 28.5 Å². The Balaban J connectivity index is 0.00000133. The van der Waals surface area contributed by atoms with E-state index in [1.807, 2.05) is 18.2 Å². The quantitative estimate of drug-likeness (QED) is 0.844. The van der Waals surface area contributed by atoms with Crippen LogP contribution in [0.2, 0.25) is 0 Å². The fourth-order valence-electron chi connectivity index (χ4n) is 1.98. The predicted molar refractivity (Wildman–Crippen MR) is 77.0 cm³/mol. The van der Waals surface area contributed by atoms with Crippen LogP contribution in [-0.4, -0.2) is 16.7 Å². The highest BCUT2D eigenvalue weighted by Gasteiger charge is 2.23. The Morgan fingerprint density at radius 2 is 2.21 bits per heavy atom. The van der Waals surface area contributed by atoms with Crippen LogP contribution in [0.1, 0.15) is 24.8 Å². The molecule has 3 rings (SSSR count). The molecular formula is C12H13BrClN3O2. The number of benzene rings is 1. The fraction of sp³-hybridized carbons (Fsp3) is 0.333. The van der Waals surface area contributed by atoms with Gasteiger partial charge in [0.2, 0.25) is 5.82 Å². The van der Waals surface area contributed by atoms with Gasteiger partial charge in [0.15, 0.2) is 0 Å². The van der Waals surface area contributed by atoms with Gasteiger partial charge in [0.25, 0.3) is 5.89 Å². The monoisotopic (exact) mass is 345 g/mol. The molecule has 0 radical (unpaired) electrons. The average molecular weight is 347 g/mol. The third kappa shape index (κ3) is 2.91. The van der Waals surface area contributed by atoms with Crippen molar-refractivity contribution in [2.75, 3.05) is 12.3 Å². The van der Waals surface area contributed by atoms with Crippen LogP contribution < -0.4 is 5.73 Å². The minimum absolute atomic E-state index is 0. The second-order valence-electron chi connectivity index (χ2n) is 4.19. The Hall–Kier alpha value is -1.11. The van der Waals surface area contributed by atoms with Crippen molar-refractivity contribution in [2.45, 2.75) is 18.9 Å². The third-order valence-electron chi connectivity index (χ3n) is 2.90. The molecule has 5 nitrogen and oxygen atoms in total. The second kappa shape index (κ2) is 5.90. The molecule has 0 aliphatic carbocycles. The van der Waals surface area contributed by atoms with Crippen molar-refractivity contribution in [2.24, 2.45) is 0 Å². The van der Waals surface area contributed by atoms with Gasteiger partial charge in [-0.05, 0) is 31.0 Å². The summed E-state index contributed by atoms with van der Waals surface area (Å²) in [5.74, 6) is 1.04. The number of hydrogen-bond donors (Lipinski definition) is 1. The Morgan fingerprint density at radius 1 is 1.37 bits per heavy atom. The standard InChI is InChI=1S/C12H12BrN3O2.ClH/c13-7-3-4-8(9(14)6-7)12-15-11(16-18-12)10-2-1-5-17-10;/h3-4,6,10H,1-2,5,14H2;1H. The van der Waals surface area contributed by atoms with Gasteiger partial charge in [0.1, 0.15) is 6.10 Å². The van der Waals surface area contributed by atoms with E-state index in [0.29, 0.717) is 17.4 Å². The number of nitrogens with zero attached hydrogens (tertiary/aromatic N) is 2. The first-order chi connectivity index (χ1) is 8.74. The predicted octanol–water partition coefficient (Wildman–Crippen LogP) is 3.35. The molecular weight excluding hydrogens is 334 g/mol. The molecule has 1 aliphatic rings. The molecule has 1 saturated heterocycles. The Bertz CT molecular complexity index is 570. The number of ether oxygens (including phenoxy) is 1. The highest BCUT2D eigenvalue weighted by molar-refractivity contribution is 9.10. The van der Waals surface area contributed by atoms with E-state index < -0.39 is 0 Å². The number of rotatable bonds is 2. The summed E-state index contributed by atoms with van der Waals surface area (Å²) in [6, 6.07) is 5.55. The van der Waals surface area contributed by atoms with Gasteiger partial charge in [-0.2, -0.15) is 4.98 Å². The SMILES string of the molecule is Cl.Nc1cc(Br)ccc1-c1nc(C2CCCO2)no1. The summed E-state index contributed by atoms with van der Waals surface area (Å²) < 4.78 is 11.7. The minimum Gasteiger partial charge on any atom is -0.398 e. The molecule has 1 aromatic carbocycles. The molecule has 1 fully saturated rings. The Morgan fingerprint density at radius 3 is 2.89 bits per heavy atom. The lowest BCUT2D eigenvalue weighted by Crippen LogP contribution is -1.98. The molecule has 1 unspecified atom stereocenters. The molecule has 0 spiro atoms. The first kappa shape index (κ1) is 14.3. The van der Waals surface area contributed by atoms with Gasteiger partial charge in [0, 0.05) is 16.8 Å². The average Bonchev–Trinajstić information content (AvgIpc) is 2.99.